The minimum absolute atomic E-state index is 0.0281. The summed E-state index contributed by atoms with van der Waals surface area (Å²) in [6.07, 6.45) is 4.79. The van der Waals surface area contributed by atoms with Crippen LogP contribution in [-0.4, -0.2) is 29.5 Å². The fraction of sp³-hybridized carbons (Fsp3) is 0.889. The van der Waals surface area contributed by atoms with Crippen molar-refractivity contribution in [3.05, 3.63) is 0 Å². The molecule has 0 bridgehead atoms. The quantitative estimate of drug-likeness (QED) is 0.707. The van der Waals surface area contributed by atoms with Gasteiger partial charge in [-0.15, -0.1) is 0 Å². The maximum Gasteiger partial charge on any atom is 0.240 e. The molecule has 0 aromatic heterocycles. The first kappa shape index (κ1) is 10.9. The highest BCUT2D eigenvalue weighted by atomic mass is 32.2. The smallest absolute Gasteiger partial charge is 0.240 e. The van der Waals surface area contributed by atoms with Crippen LogP contribution in [0.5, 0.6) is 0 Å². The Morgan fingerprint density at radius 2 is 2.31 bits per heavy atom. The number of amides is 1. The van der Waals surface area contributed by atoms with Crippen LogP contribution in [0.1, 0.15) is 26.2 Å². The van der Waals surface area contributed by atoms with Gasteiger partial charge in [-0.25, -0.2) is 0 Å². The summed E-state index contributed by atoms with van der Waals surface area (Å²) in [5, 5.41) is 2.94. The van der Waals surface area contributed by atoms with Crippen molar-refractivity contribution in [2.75, 3.05) is 12.0 Å². The summed E-state index contributed by atoms with van der Waals surface area (Å²) in [5.41, 5.74) is 5.32. The van der Waals surface area contributed by atoms with E-state index in [1.807, 2.05) is 13.2 Å². The molecule has 0 radical (unpaired) electrons. The summed E-state index contributed by atoms with van der Waals surface area (Å²) in [6, 6.07) is 0.225. The molecule has 3 nitrogen and oxygen atoms in total. The van der Waals surface area contributed by atoms with Crippen LogP contribution in [0, 0.1) is 0 Å². The monoisotopic (exact) mass is 202 g/mol. The summed E-state index contributed by atoms with van der Waals surface area (Å²) in [6.45, 7) is 2.01. The molecule has 76 valence electrons. The van der Waals surface area contributed by atoms with Gasteiger partial charge in [-0.05, 0) is 32.4 Å². The lowest BCUT2D eigenvalue weighted by atomic mass is 9.77. The fourth-order valence-corrected chi connectivity index (χ4v) is 2.03. The molecule has 1 rings (SSSR count). The first-order valence-corrected chi connectivity index (χ1v) is 6.06. The van der Waals surface area contributed by atoms with E-state index in [9.17, 15) is 4.79 Å². The number of carbonyl (C=O) groups is 1. The van der Waals surface area contributed by atoms with Crippen molar-refractivity contribution in [1.29, 1.82) is 0 Å². The van der Waals surface area contributed by atoms with Crippen LogP contribution in [0.4, 0.5) is 0 Å². The second-order valence-corrected chi connectivity index (χ2v) is 4.75. The number of rotatable bonds is 4. The van der Waals surface area contributed by atoms with Gasteiger partial charge in [-0.3, -0.25) is 4.79 Å². The number of hydrogen-bond acceptors (Lipinski definition) is 3. The lowest BCUT2D eigenvalue weighted by Crippen LogP contribution is -2.60. The Balaban J connectivity index is 2.32. The van der Waals surface area contributed by atoms with Gasteiger partial charge in [-0.2, -0.15) is 11.8 Å². The molecule has 0 saturated heterocycles. The lowest BCUT2D eigenvalue weighted by Gasteiger charge is -2.37. The van der Waals surface area contributed by atoms with E-state index in [1.54, 1.807) is 11.8 Å². The third kappa shape index (κ3) is 2.61. The molecule has 1 unspecified atom stereocenters. The van der Waals surface area contributed by atoms with Crippen LogP contribution in [-0.2, 0) is 4.79 Å². The van der Waals surface area contributed by atoms with Gasteiger partial charge in [0, 0.05) is 11.8 Å². The third-order valence-electron chi connectivity index (χ3n) is 2.49. The van der Waals surface area contributed by atoms with Crippen molar-refractivity contribution in [1.82, 2.24) is 5.32 Å². The molecular formula is C9H18N2OS. The summed E-state index contributed by atoms with van der Waals surface area (Å²) in [5.74, 6) is 0.974. The van der Waals surface area contributed by atoms with Gasteiger partial charge >= 0.3 is 0 Å². The maximum atomic E-state index is 11.6. The number of nitrogens with one attached hydrogen (secondary N) is 1. The molecule has 1 aliphatic rings. The highest BCUT2D eigenvalue weighted by Gasteiger charge is 2.40. The van der Waals surface area contributed by atoms with Gasteiger partial charge in [-0.1, -0.05) is 0 Å². The lowest BCUT2D eigenvalue weighted by molar-refractivity contribution is -0.129. The number of nitrogens with two attached hydrogens (primary N) is 1. The molecule has 4 heteroatoms. The summed E-state index contributed by atoms with van der Waals surface area (Å²) >= 11 is 1.73. The Hall–Kier alpha value is -0.220. The van der Waals surface area contributed by atoms with Gasteiger partial charge in [0.1, 0.15) is 0 Å². The third-order valence-corrected chi connectivity index (χ3v) is 3.33. The molecule has 0 aromatic carbocycles. The van der Waals surface area contributed by atoms with Gasteiger partial charge in [0.15, 0.2) is 0 Å². The van der Waals surface area contributed by atoms with E-state index in [2.05, 4.69) is 5.32 Å². The largest absolute Gasteiger partial charge is 0.351 e. The zero-order chi connectivity index (χ0) is 9.90. The molecule has 3 N–H and O–H groups in total. The summed E-state index contributed by atoms with van der Waals surface area (Å²) in [4.78, 5) is 11.6. The minimum atomic E-state index is -0.549. The normalized spacial score (nSPS) is 21.8. The highest BCUT2D eigenvalue weighted by molar-refractivity contribution is 7.98. The number of carbonyl (C=O) groups excluding carboxylic acids is 1. The van der Waals surface area contributed by atoms with E-state index < -0.39 is 5.54 Å². The van der Waals surface area contributed by atoms with Crippen molar-refractivity contribution in [3.63, 3.8) is 0 Å². The van der Waals surface area contributed by atoms with Gasteiger partial charge in [0.05, 0.1) is 5.54 Å². The molecule has 0 aliphatic heterocycles. The number of thioether (sulfide) groups is 1. The Morgan fingerprint density at radius 1 is 1.69 bits per heavy atom. The first-order valence-electron chi connectivity index (χ1n) is 4.67. The Bertz CT molecular complexity index is 192. The average molecular weight is 202 g/mol. The van der Waals surface area contributed by atoms with Gasteiger partial charge < -0.3 is 11.1 Å². The maximum absolute atomic E-state index is 11.6. The predicted octanol–water partition coefficient (Wildman–Crippen LogP) is 0.735. The SMILES string of the molecule is CSCC(C)NC(=O)C1(N)CCC1. The highest BCUT2D eigenvalue weighted by Crippen LogP contribution is 2.29. The molecule has 1 saturated carbocycles. The summed E-state index contributed by atoms with van der Waals surface area (Å²) in [7, 11) is 0. The van der Waals surface area contributed by atoms with Gasteiger partial charge in [0.25, 0.3) is 0 Å². The zero-order valence-electron chi connectivity index (χ0n) is 8.30. The molecule has 1 atom stereocenters. The number of hydrogen-bond donors (Lipinski definition) is 2. The zero-order valence-corrected chi connectivity index (χ0v) is 9.12. The van der Waals surface area contributed by atoms with Crippen molar-refractivity contribution in [2.45, 2.75) is 37.8 Å². The Morgan fingerprint density at radius 3 is 2.69 bits per heavy atom. The van der Waals surface area contributed by atoms with Crippen molar-refractivity contribution < 1.29 is 4.79 Å². The molecular weight excluding hydrogens is 184 g/mol. The second-order valence-electron chi connectivity index (χ2n) is 3.84. The molecule has 0 aromatic rings. The second kappa shape index (κ2) is 4.33. The molecule has 1 fully saturated rings. The Kier molecular flexibility index (Phi) is 3.62. The van der Waals surface area contributed by atoms with Crippen molar-refractivity contribution in [2.24, 2.45) is 5.73 Å². The van der Waals surface area contributed by atoms with E-state index in [0.717, 1.165) is 25.0 Å². The van der Waals surface area contributed by atoms with Crippen LogP contribution in [0.2, 0.25) is 0 Å². The standard InChI is InChI=1S/C9H18N2OS/c1-7(6-13-2)11-8(12)9(10)4-3-5-9/h7H,3-6,10H2,1-2H3,(H,11,12). The van der Waals surface area contributed by atoms with E-state index in [1.165, 1.54) is 0 Å². The van der Waals surface area contributed by atoms with E-state index in [4.69, 9.17) is 5.73 Å². The average Bonchev–Trinajstić information content (AvgIpc) is 2.00. The van der Waals surface area contributed by atoms with Crippen LogP contribution < -0.4 is 11.1 Å². The minimum Gasteiger partial charge on any atom is -0.351 e. The predicted molar refractivity (Wildman–Crippen MR) is 56.8 cm³/mol. The molecule has 0 spiro atoms. The van der Waals surface area contributed by atoms with Crippen molar-refractivity contribution in [3.8, 4) is 0 Å². The van der Waals surface area contributed by atoms with E-state index >= 15 is 0 Å². The molecule has 13 heavy (non-hydrogen) atoms. The van der Waals surface area contributed by atoms with Gasteiger partial charge in [0.2, 0.25) is 5.91 Å². The van der Waals surface area contributed by atoms with E-state index in [-0.39, 0.29) is 11.9 Å². The van der Waals surface area contributed by atoms with Crippen LogP contribution in [0.3, 0.4) is 0 Å². The topological polar surface area (TPSA) is 55.1 Å². The fourth-order valence-electron chi connectivity index (χ4n) is 1.44. The van der Waals surface area contributed by atoms with Crippen LogP contribution >= 0.6 is 11.8 Å². The summed E-state index contributed by atoms with van der Waals surface area (Å²) < 4.78 is 0. The van der Waals surface area contributed by atoms with Crippen LogP contribution in [0.25, 0.3) is 0 Å². The molecule has 0 heterocycles. The Labute approximate surface area is 83.8 Å². The van der Waals surface area contributed by atoms with Crippen LogP contribution in [0.15, 0.2) is 0 Å². The van der Waals surface area contributed by atoms with Crippen molar-refractivity contribution >= 4 is 17.7 Å². The van der Waals surface area contributed by atoms with E-state index in [0.29, 0.717) is 0 Å². The molecule has 1 amide bonds. The first-order chi connectivity index (χ1) is 6.08. The molecule has 1 aliphatic carbocycles.